The largest absolute Gasteiger partial charge is 0.0611 e. The highest BCUT2D eigenvalue weighted by Crippen LogP contribution is 2.26. The van der Waals surface area contributed by atoms with Gasteiger partial charge in [-0.05, 0) is 77.0 Å². The van der Waals surface area contributed by atoms with Crippen molar-refractivity contribution in [3.05, 3.63) is 63.1 Å². The molecule has 0 spiro atoms. The molecule has 0 atom stereocenters. The van der Waals surface area contributed by atoms with E-state index in [0.717, 1.165) is 14.9 Å². The summed E-state index contributed by atoms with van der Waals surface area (Å²) in [7, 11) is 0. The van der Waals surface area contributed by atoms with Crippen molar-refractivity contribution in [2.24, 2.45) is 0 Å². The predicted octanol–water partition coefficient (Wildman–Crippen LogP) is 5.48. The molecule has 96 valence electrons. The Morgan fingerprint density at radius 2 is 1.63 bits per heavy atom. The van der Waals surface area contributed by atoms with Gasteiger partial charge in [-0.25, -0.2) is 0 Å². The molecule has 2 rings (SSSR count). The van der Waals surface area contributed by atoms with Gasteiger partial charge in [0.05, 0.1) is 0 Å². The molecular formula is C17H15BrS. The van der Waals surface area contributed by atoms with E-state index >= 15 is 0 Å². The van der Waals surface area contributed by atoms with Crippen LogP contribution in [0.2, 0.25) is 0 Å². The normalized spacial score (nSPS) is 9.89. The summed E-state index contributed by atoms with van der Waals surface area (Å²) in [5, 5.41) is 3.20. The van der Waals surface area contributed by atoms with Crippen molar-refractivity contribution in [2.75, 3.05) is 0 Å². The molecule has 0 saturated carbocycles. The van der Waals surface area contributed by atoms with Gasteiger partial charge >= 0.3 is 0 Å². The molecule has 0 unspecified atom stereocenters. The molecule has 2 heteroatoms. The van der Waals surface area contributed by atoms with Crippen LogP contribution in [-0.4, -0.2) is 0 Å². The number of halogens is 1. The molecule has 0 aromatic heterocycles. The third kappa shape index (κ3) is 3.65. The first kappa shape index (κ1) is 14.2. The molecule has 0 saturated heterocycles. The quantitative estimate of drug-likeness (QED) is 0.493. The van der Waals surface area contributed by atoms with Gasteiger partial charge < -0.3 is 0 Å². The average molecular weight is 331 g/mol. The lowest BCUT2D eigenvalue weighted by Gasteiger charge is -2.04. The third-order valence-corrected chi connectivity index (χ3v) is 4.58. The maximum absolute atomic E-state index is 3.53. The van der Waals surface area contributed by atoms with Gasteiger partial charge in [-0.15, -0.1) is 0 Å². The Morgan fingerprint density at radius 3 is 2.26 bits per heavy atom. The van der Waals surface area contributed by atoms with E-state index in [4.69, 9.17) is 0 Å². The summed E-state index contributed by atoms with van der Waals surface area (Å²) in [5.74, 6) is 3.28. The molecule has 0 fully saturated rings. The molecular weight excluding hydrogens is 316 g/mol. The van der Waals surface area contributed by atoms with Gasteiger partial charge in [-0.1, -0.05) is 35.7 Å². The summed E-state index contributed by atoms with van der Waals surface area (Å²) in [6.07, 6.45) is 0. The Bertz CT molecular complexity index is 639. The van der Waals surface area contributed by atoms with Crippen molar-refractivity contribution in [1.29, 1.82) is 0 Å². The van der Waals surface area contributed by atoms with Gasteiger partial charge in [0.25, 0.3) is 0 Å². The first-order valence-corrected chi connectivity index (χ1v) is 7.69. The van der Waals surface area contributed by atoms with Crippen molar-refractivity contribution in [1.82, 2.24) is 0 Å². The van der Waals surface area contributed by atoms with Crippen LogP contribution in [0.25, 0.3) is 0 Å². The lowest BCUT2D eigenvalue weighted by molar-refractivity contribution is 1.30. The van der Waals surface area contributed by atoms with Gasteiger partial charge in [0.1, 0.15) is 0 Å². The highest BCUT2D eigenvalue weighted by atomic mass is 79.9. The highest BCUT2D eigenvalue weighted by Gasteiger charge is 2.01. The second-order valence-corrected chi connectivity index (χ2v) is 6.24. The molecule has 0 bridgehead atoms. The van der Waals surface area contributed by atoms with Gasteiger partial charge in [0, 0.05) is 14.9 Å². The number of rotatable bonds is 1. The minimum absolute atomic E-state index is 1.09. The monoisotopic (exact) mass is 330 g/mol. The van der Waals surface area contributed by atoms with Crippen LogP contribution in [0, 0.1) is 31.9 Å². The SMILES string of the molecule is Cc1cc(C)c(C#CSc2ccccc2Br)c(C)c1. The van der Waals surface area contributed by atoms with E-state index in [9.17, 15) is 0 Å². The Morgan fingerprint density at radius 1 is 1.00 bits per heavy atom. The van der Waals surface area contributed by atoms with Crippen molar-refractivity contribution in [2.45, 2.75) is 25.7 Å². The lowest BCUT2D eigenvalue weighted by Crippen LogP contribution is -1.89. The lowest BCUT2D eigenvalue weighted by atomic mass is 10.0. The van der Waals surface area contributed by atoms with Crippen LogP contribution >= 0.6 is 27.7 Å². The van der Waals surface area contributed by atoms with E-state index < -0.39 is 0 Å². The van der Waals surface area contributed by atoms with Gasteiger partial charge in [0.15, 0.2) is 0 Å². The Labute approximate surface area is 127 Å². The third-order valence-electron chi connectivity index (χ3n) is 2.85. The fourth-order valence-corrected chi connectivity index (χ4v) is 3.14. The molecule has 0 aliphatic carbocycles. The van der Waals surface area contributed by atoms with Crippen LogP contribution < -0.4 is 0 Å². The zero-order valence-corrected chi connectivity index (χ0v) is 13.7. The summed E-state index contributed by atoms with van der Waals surface area (Å²) in [4.78, 5) is 1.15. The van der Waals surface area contributed by atoms with Crippen LogP contribution in [-0.2, 0) is 0 Å². The summed E-state index contributed by atoms with van der Waals surface area (Å²) < 4.78 is 1.09. The standard InChI is InChI=1S/C17H15BrS/c1-12-10-13(2)15(14(3)11-12)8-9-19-17-7-5-4-6-16(17)18/h4-7,10-11H,1-3H3. The zero-order chi connectivity index (χ0) is 13.8. The maximum atomic E-state index is 3.53. The summed E-state index contributed by atoms with van der Waals surface area (Å²) >= 11 is 5.09. The first-order valence-electron chi connectivity index (χ1n) is 6.08. The predicted molar refractivity (Wildman–Crippen MR) is 87.5 cm³/mol. The molecule has 0 aliphatic heterocycles. The molecule has 0 heterocycles. The Balaban J connectivity index is 2.24. The number of thioether (sulfide) groups is 1. The van der Waals surface area contributed by atoms with Crippen molar-refractivity contribution >= 4 is 27.7 Å². The zero-order valence-electron chi connectivity index (χ0n) is 11.3. The van der Waals surface area contributed by atoms with E-state index in [1.165, 1.54) is 16.7 Å². The van der Waals surface area contributed by atoms with Crippen LogP contribution in [0.5, 0.6) is 0 Å². The second-order valence-electron chi connectivity index (χ2n) is 4.53. The minimum Gasteiger partial charge on any atom is -0.0611 e. The molecule has 0 aliphatic rings. The van der Waals surface area contributed by atoms with Gasteiger partial charge in [-0.2, -0.15) is 0 Å². The molecule has 0 radical (unpaired) electrons. The number of hydrogen-bond donors (Lipinski definition) is 0. The fourth-order valence-electron chi connectivity index (χ4n) is 2.04. The molecule has 0 N–H and O–H groups in total. The number of benzene rings is 2. The first-order chi connectivity index (χ1) is 9.08. The summed E-state index contributed by atoms with van der Waals surface area (Å²) in [5.41, 5.74) is 4.93. The van der Waals surface area contributed by atoms with E-state index in [1.54, 1.807) is 11.8 Å². The van der Waals surface area contributed by atoms with Crippen molar-refractivity contribution < 1.29 is 0 Å². The van der Waals surface area contributed by atoms with Crippen molar-refractivity contribution in [3.8, 4) is 11.2 Å². The summed E-state index contributed by atoms with van der Waals surface area (Å²) in [6.45, 7) is 6.35. The van der Waals surface area contributed by atoms with Gasteiger partial charge in [-0.3, -0.25) is 0 Å². The smallest absolute Gasteiger partial charge is 0.0345 e. The number of aryl methyl sites for hydroxylation is 3. The topological polar surface area (TPSA) is 0 Å². The number of hydrogen-bond acceptors (Lipinski definition) is 1. The maximum Gasteiger partial charge on any atom is 0.0345 e. The van der Waals surface area contributed by atoms with E-state index in [1.807, 2.05) is 18.2 Å². The van der Waals surface area contributed by atoms with Crippen LogP contribution in [0.15, 0.2) is 45.8 Å². The Hall–Kier alpha value is -1.17. The molecule has 2 aromatic carbocycles. The Kier molecular flexibility index (Phi) is 4.74. The molecule has 0 nitrogen and oxygen atoms in total. The van der Waals surface area contributed by atoms with Crippen LogP contribution in [0.4, 0.5) is 0 Å². The minimum atomic E-state index is 1.09. The van der Waals surface area contributed by atoms with E-state index in [-0.39, 0.29) is 0 Å². The van der Waals surface area contributed by atoms with Crippen molar-refractivity contribution in [3.63, 3.8) is 0 Å². The van der Waals surface area contributed by atoms with Gasteiger partial charge in [0.2, 0.25) is 0 Å². The molecule has 2 aromatic rings. The second kappa shape index (κ2) is 6.32. The highest BCUT2D eigenvalue weighted by molar-refractivity contribution is 9.10. The average Bonchev–Trinajstić information content (AvgIpc) is 2.34. The van der Waals surface area contributed by atoms with Crippen LogP contribution in [0.1, 0.15) is 22.3 Å². The van der Waals surface area contributed by atoms with Crippen LogP contribution in [0.3, 0.4) is 0 Å². The van der Waals surface area contributed by atoms with E-state index in [0.29, 0.717) is 0 Å². The fraction of sp³-hybridized carbons (Fsp3) is 0.176. The molecule has 0 amide bonds. The van der Waals surface area contributed by atoms with E-state index in [2.05, 4.69) is 66.1 Å². The summed E-state index contributed by atoms with van der Waals surface area (Å²) in [6, 6.07) is 12.5. The molecule has 19 heavy (non-hydrogen) atoms.